The van der Waals surface area contributed by atoms with Crippen molar-refractivity contribution in [1.82, 2.24) is 5.32 Å². The lowest BCUT2D eigenvalue weighted by molar-refractivity contribution is -0.137. The van der Waals surface area contributed by atoms with Crippen LogP contribution in [0, 0.1) is 0 Å². The van der Waals surface area contributed by atoms with Crippen molar-refractivity contribution in [1.29, 1.82) is 0 Å². The molecule has 0 aliphatic rings. The molecule has 0 rings (SSSR count). The molecule has 2 N–H and O–H groups in total. The molecule has 0 aliphatic carbocycles. The van der Waals surface area contributed by atoms with Gasteiger partial charge in [0.2, 0.25) is 0 Å². The second kappa shape index (κ2) is 14.5. The number of carboxylic acid groups (broad SMARTS) is 1. The molecule has 108 valence electrons. The van der Waals surface area contributed by atoms with Gasteiger partial charge >= 0.3 is 5.97 Å². The summed E-state index contributed by atoms with van der Waals surface area (Å²) in [4.78, 5) is 10.3. The van der Waals surface area contributed by atoms with E-state index in [1.165, 1.54) is 64.5 Å². The molecule has 0 fully saturated rings. The highest BCUT2D eigenvalue weighted by molar-refractivity contribution is 5.66. The summed E-state index contributed by atoms with van der Waals surface area (Å²) in [5.41, 5.74) is 0. The highest BCUT2D eigenvalue weighted by Crippen LogP contribution is 2.09. The number of aliphatic carboxylic acids is 1. The van der Waals surface area contributed by atoms with E-state index in [-0.39, 0.29) is 0 Å². The van der Waals surface area contributed by atoms with E-state index in [0.29, 0.717) is 6.42 Å². The SMILES string of the molecule is CCCCNCCCCCCCCCCC(=O)O. The summed E-state index contributed by atoms with van der Waals surface area (Å²) in [6, 6.07) is 0. The molecule has 0 radical (unpaired) electrons. The maximum Gasteiger partial charge on any atom is 0.303 e. The van der Waals surface area contributed by atoms with Gasteiger partial charge in [-0.25, -0.2) is 0 Å². The summed E-state index contributed by atoms with van der Waals surface area (Å²) in [7, 11) is 0. The van der Waals surface area contributed by atoms with Crippen molar-refractivity contribution in [2.24, 2.45) is 0 Å². The summed E-state index contributed by atoms with van der Waals surface area (Å²) in [6.45, 7) is 4.55. The van der Waals surface area contributed by atoms with Gasteiger partial charge in [0, 0.05) is 6.42 Å². The van der Waals surface area contributed by atoms with E-state index in [2.05, 4.69) is 12.2 Å². The molecule has 18 heavy (non-hydrogen) atoms. The largest absolute Gasteiger partial charge is 0.481 e. The average Bonchev–Trinajstić information content (AvgIpc) is 2.34. The third-order valence-electron chi connectivity index (χ3n) is 3.20. The molecule has 0 aliphatic heterocycles. The van der Waals surface area contributed by atoms with E-state index in [9.17, 15) is 4.79 Å². The van der Waals surface area contributed by atoms with Crippen molar-refractivity contribution in [3.8, 4) is 0 Å². The Morgan fingerprint density at radius 2 is 1.33 bits per heavy atom. The summed E-state index contributed by atoms with van der Waals surface area (Å²) in [6.07, 6.45) is 12.5. The van der Waals surface area contributed by atoms with Gasteiger partial charge in [0.15, 0.2) is 0 Å². The highest BCUT2D eigenvalue weighted by Gasteiger charge is 1.96. The Bertz CT molecular complexity index is 183. The summed E-state index contributed by atoms with van der Waals surface area (Å²) >= 11 is 0. The van der Waals surface area contributed by atoms with Crippen molar-refractivity contribution in [3.05, 3.63) is 0 Å². The Morgan fingerprint density at radius 3 is 1.89 bits per heavy atom. The fourth-order valence-corrected chi connectivity index (χ4v) is 2.01. The van der Waals surface area contributed by atoms with Crippen molar-refractivity contribution in [2.75, 3.05) is 13.1 Å². The monoisotopic (exact) mass is 257 g/mol. The minimum absolute atomic E-state index is 0.337. The molecule has 0 spiro atoms. The first kappa shape index (κ1) is 17.4. The van der Waals surface area contributed by atoms with Crippen molar-refractivity contribution in [3.63, 3.8) is 0 Å². The van der Waals surface area contributed by atoms with Gasteiger partial charge in [0.1, 0.15) is 0 Å². The second-order valence-electron chi connectivity index (χ2n) is 5.08. The number of unbranched alkanes of at least 4 members (excludes halogenated alkanes) is 8. The van der Waals surface area contributed by atoms with E-state index in [0.717, 1.165) is 12.8 Å². The smallest absolute Gasteiger partial charge is 0.303 e. The Labute approximate surface area is 112 Å². The lowest BCUT2D eigenvalue weighted by Crippen LogP contribution is -2.16. The van der Waals surface area contributed by atoms with E-state index >= 15 is 0 Å². The van der Waals surface area contributed by atoms with Crippen LogP contribution < -0.4 is 5.32 Å². The molecule has 3 heteroatoms. The van der Waals surface area contributed by atoms with Crippen LogP contribution in [0.15, 0.2) is 0 Å². The summed E-state index contributed by atoms with van der Waals surface area (Å²) in [5, 5.41) is 11.9. The molecule has 0 saturated heterocycles. The minimum atomic E-state index is -0.662. The number of rotatable bonds is 14. The maximum absolute atomic E-state index is 10.3. The molecule has 0 saturated carbocycles. The van der Waals surface area contributed by atoms with Gasteiger partial charge < -0.3 is 10.4 Å². The molecular weight excluding hydrogens is 226 g/mol. The number of nitrogens with one attached hydrogen (secondary N) is 1. The average molecular weight is 257 g/mol. The van der Waals surface area contributed by atoms with Crippen LogP contribution in [-0.4, -0.2) is 24.2 Å². The molecule has 0 unspecified atom stereocenters. The van der Waals surface area contributed by atoms with Gasteiger partial charge in [-0.1, -0.05) is 51.9 Å². The number of carbonyl (C=O) groups is 1. The van der Waals surface area contributed by atoms with Gasteiger partial charge in [-0.3, -0.25) is 4.79 Å². The third kappa shape index (κ3) is 15.4. The maximum atomic E-state index is 10.3. The fraction of sp³-hybridized carbons (Fsp3) is 0.933. The topological polar surface area (TPSA) is 49.3 Å². The lowest BCUT2D eigenvalue weighted by atomic mass is 10.1. The predicted octanol–water partition coefficient (Wildman–Crippen LogP) is 3.97. The summed E-state index contributed by atoms with van der Waals surface area (Å²) < 4.78 is 0. The fourth-order valence-electron chi connectivity index (χ4n) is 2.01. The van der Waals surface area contributed by atoms with Crippen LogP contribution in [0.2, 0.25) is 0 Å². The molecule has 0 aromatic rings. The Morgan fingerprint density at radius 1 is 0.833 bits per heavy atom. The third-order valence-corrected chi connectivity index (χ3v) is 3.20. The number of hydrogen-bond acceptors (Lipinski definition) is 2. The molecule has 0 heterocycles. The van der Waals surface area contributed by atoms with Gasteiger partial charge in [-0.2, -0.15) is 0 Å². The van der Waals surface area contributed by atoms with Crippen molar-refractivity contribution >= 4 is 5.97 Å². The molecule has 0 aromatic heterocycles. The standard InChI is InChI=1S/C15H31NO2/c1-2-3-13-16-14-11-9-7-5-4-6-8-10-12-15(17)18/h16H,2-14H2,1H3,(H,17,18). The molecule has 0 atom stereocenters. The number of carboxylic acids is 1. The van der Waals surface area contributed by atoms with Gasteiger partial charge in [-0.15, -0.1) is 0 Å². The molecular formula is C15H31NO2. The second-order valence-corrected chi connectivity index (χ2v) is 5.08. The first-order chi connectivity index (χ1) is 8.77. The van der Waals surface area contributed by atoms with Crippen LogP contribution in [0.25, 0.3) is 0 Å². The first-order valence-corrected chi connectivity index (χ1v) is 7.70. The van der Waals surface area contributed by atoms with Crippen LogP contribution in [0.4, 0.5) is 0 Å². The molecule has 0 amide bonds. The van der Waals surface area contributed by atoms with Crippen molar-refractivity contribution in [2.45, 2.75) is 77.6 Å². The Balaban J connectivity index is 2.92. The zero-order valence-electron chi connectivity index (χ0n) is 12.0. The van der Waals surface area contributed by atoms with Crippen LogP contribution >= 0.6 is 0 Å². The van der Waals surface area contributed by atoms with E-state index in [1.54, 1.807) is 0 Å². The molecule has 3 nitrogen and oxygen atoms in total. The van der Waals surface area contributed by atoms with Gasteiger partial charge in [0.05, 0.1) is 0 Å². The van der Waals surface area contributed by atoms with Crippen LogP contribution in [-0.2, 0) is 4.79 Å². The summed E-state index contributed by atoms with van der Waals surface area (Å²) in [5.74, 6) is -0.662. The van der Waals surface area contributed by atoms with Gasteiger partial charge in [-0.05, 0) is 32.4 Å². The quantitative estimate of drug-likeness (QED) is 0.463. The lowest BCUT2D eigenvalue weighted by Gasteiger charge is -2.04. The van der Waals surface area contributed by atoms with Gasteiger partial charge in [0.25, 0.3) is 0 Å². The first-order valence-electron chi connectivity index (χ1n) is 7.70. The number of hydrogen-bond donors (Lipinski definition) is 2. The minimum Gasteiger partial charge on any atom is -0.481 e. The predicted molar refractivity (Wildman–Crippen MR) is 77.0 cm³/mol. The van der Waals surface area contributed by atoms with E-state index in [4.69, 9.17) is 5.11 Å². The Kier molecular flexibility index (Phi) is 14.0. The van der Waals surface area contributed by atoms with Crippen molar-refractivity contribution < 1.29 is 9.90 Å². The Hall–Kier alpha value is -0.570. The van der Waals surface area contributed by atoms with E-state index < -0.39 is 5.97 Å². The molecule has 0 aromatic carbocycles. The van der Waals surface area contributed by atoms with Crippen LogP contribution in [0.5, 0.6) is 0 Å². The van der Waals surface area contributed by atoms with E-state index in [1.807, 2.05) is 0 Å². The zero-order valence-corrected chi connectivity index (χ0v) is 12.0. The van der Waals surface area contributed by atoms with Crippen LogP contribution in [0.1, 0.15) is 77.6 Å². The molecule has 0 bridgehead atoms. The zero-order chi connectivity index (χ0) is 13.5. The normalized spacial score (nSPS) is 10.7. The highest BCUT2D eigenvalue weighted by atomic mass is 16.4. The van der Waals surface area contributed by atoms with Crippen LogP contribution in [0.3, 0.4) is 0 Å².